The Morgan fingerprint density at radius 3 is 3.00 bits per heavy atom. The summed E-state index contributed by atoms with van der Waals surface area (Å²) in [6.45, 7) is 1.11. The lowest BCUT2D eigenvalue weighted by Gasteiger charge is -2.00. The molecule has 0 atom stereocenters. The molecule has 0 aromatic carbocycles. The lowest BCUT2D eigenvalue weighted by atomic mass is 10.2. The van der Waals surface area contributed by atoms with Crippen molar-refractivity contribution in [1.82, 2.24) is 15.3 Å². The van der Waals surface area contributed by atoms with Crippen LogP contribution in [0.3, 0.4) is 0 Å². The van der Waals surface area contributed by atoms with Crippen LogP contribution in [0.15, 0.2) is 4.79 Å². The number of carbonyl (C=O) groups is 1. The van der Waals surface area contributed by atoms with Gasteiger partial charge in [0, 0.05) is 13.1 Å². The number of primary amides is 1. The highest BCUT2D eigenvalue weighted by atomic mass is 16.1. The van der Waals surface area contributed by atoms with Gasteiger partial charge in [-0.2, -0.15) is 0 Å². The number of H-pyrrole nitrogens is 1. The molecular weight excluding hydrogens is 184 g/mol. The molecule has 1 amide bonds. The number of nitrogens with zero attached hydrogens (tertiary/aromatic N) is 1. The number of hydrogen-bond donors (Lipinski definition) is 3. The summed E-state index contributed by atoms with van der Waals surface area (Å²) in [4.78, 5) is 28.7. The summed E-state index contributed by atoms with van der Waals surface area (Å²) >= 11 is 0. The molecule has 2 rings (SSSR count). The first kappa shape index (κ1) is 8.89. The second-order valence-corrected chi connectivity index (χ2v) is 3.18. The Morgan fingerprint density at radius 1 is 1.50 bits per heavy atom. The minimum Gasteiger partial charge on any atom is -0.369 e. The number of nitrogens with two attached hydrogens (primary N) is 1. The van der Waals surface area contributed by atoms with Crippen LogP contribution in [-0.2, 0) is 24.3 Å². The zero-order valence-corrected chi connectivity index (χ0v) is 7.46. The van der Waals surface area contributed by atoms with Crippen molar-refractivity contribution < 1.29 is 4.79 Å². The van der Waals surface area contributed by atoms with E-state index in [4.69, 9.17) is 5.73 Å². The second kappa shape index (κ2) is 3.22. The summed E-state index contributed by atoms with van der Waals surface area (Å²) in [6.07, 6.45) is -0.0253. The van der Waals surface area contributed by atoms with E-state index in [2.05, 4.69) is 15.3 Å². The maximum absolute atomic E-state index is 11.4. The van der Waals surface area contributed by atoms with Crippen LogP contribution < -0.4 is 16.6 Å². The van der Waals surface area contributed by atoms with Gasteiger partial charge in [0.2, 0.25) is 5.91 Å². The summed E-state index contributed by atoms with van der Waals surface area (Å²) < 4.78 is 0. The van der Waals surface area contributed by atoms with Crippen molar-refractivity contribution in [3.05, 3.63) is 27.4 Å². The summed E-state index contributed by atoms with van der Waals surface area (Å²) in [5.74, 6) is -0.163. The average Bonchev–Trinajstić information content (AvgIpc) is 2.50. The first-order chi connectivity index (χ1) is 6.66. The van der Waals surface area contributed by atoms with Crippen LogP contribution in [0.5, 0.6) is 0 Å². The van der Waals surface area contributed by atoms with Gasteiger partial charge in [0.15, 0.2) is 0 Å². The van der Waals surface area contributed by atoms with Crippen molar-refractivity contribution in [3.8, 4) is 0 Å². The summed E-state index contributed by atoms with van der Waals surface area (Å²) in [5, 5.41) is 3.01. The Kier molecular flexibility index (Phi) is 2.05. The van der Waals surface area contributed by atoms with Gasteiger partial charge in [-0.25, -0.2) is 4.98 Å². The first-order valence-corrected chi connectivity index (χ1v) is 4.27. The van der Waals surface area contributed by atoms with Crippen molar-refractivity contribution in [1.29, 1.82) is 0 Å². The van der Waals surface area contributed by atoms with Gasteiger partial charge in [0.1, 0.15) is 5.82 Å². The molecule has 1 aromatic rings. The van der Waals surface area contributed by atoms with Crippen LogP contribution in [0.1, 0.15) is 17.1 Å². The lowest BCUT2D eigenvalue weighted by molar-refractivity contribution is -0.117. The molecule has 0 fully saturated rings. The molecule has 1 aromatic heterocycles. The van der Waals surface area contributed by atoms with E-state index in [1.54, 1.807) is 0 Å². The highest BCUT2D eigenvalue weighted by Crippen LogP contribution is 2.07. The van der Waals surface area contributed by atoms with Gasteiger partial charge in [0.25, 0.3) is 5.56 Å². The minimum atomic E-state index is -0.501. The molecule has 6 nitrogen and oxygen atoms in total. The third-order valence-corrected chi connectivity index (χ3v) is 2.09. The highest BCUT2D eigenvalue weighted by molar-refractivity contribution is 5.75. The number of rotatable bonds is 2. The standard InChI is InChI=1S/C8H10N4O2/c9-6(13)1-7-11-5-3-10-2-4(5)8(14)12-7/h10H,1-3H2,(H2,9,13)(H,11,12,14). The molecule has 14 heavy (non-hydrogen) atoms. The molecule has 2 heterocycles. The smallest absolute Gasteiger partial charge is 0.255 e. The quantitative estimate of drug-likeness (QED) is 0.527. The van der Waals surface area contributed by atoms with E-state index < -0.39 is 5.91 Å². The first-order valence-electron chi connectivity index (χ1n) is 4.27. The maximum Gasteiger partial charge on any atom is 0.255 e. The normalized spacial score (nSPS) is 14.0. The highest BCUT2D eigenvalue weighted by Gasteiger charge is 2.16. The zero-order chi connectivity index (χ0) is 10.1. The fourth-order valence-electron chi connectivity index (χ4n) is 1.48. The van der Waals surface area contributed by atoms with Crippen LogP contribution in [0.2, 0.25) is 0 Å². The van der Waals surface area contributed by atoms with Gasteiger partial charge < -0.3 is 16.0 Å². The average molecular weight is 194 g/mol. The lowest BCUT2D eigenvalue weighted by Crippen LogP contribution is -2.22. The Bertz CT molecular complexity index is 437. The van der Waals surface area contributed by atoms with Crippen molar-refractivity contribution in [2.75, 3.05) is 0 Å². The van der Waals surface area contributed by atoms with Gasteiger partial charge in [-0.3, -0.25) is 9.59 Å². The van der Waals surface area contributed by atoms with Crippen molar-refractivity contribution in [3.63, 3.8) is 0 Å². The molecule has 1 aliphatic heterocycles. The third kappa shape index (κ3) is 1.51. The second-order valence-electron chi connectivity index (χ2n) is 3.18. The van der Waals surface area contributed by atoms with E-state index in [0.717, 1.165) is 0 Å². The van der Waals surface area contributed by atoms with Crippen LogP contribution in [0.25, 0.3) is 0 Å². The Hall–Kier alpha value is -1.69. The molecule has 0 bridgehead atoms. The molecule has 0 radical (unpaired) electrons. The van der Waals surface area contributed by atoms with Gasteiger partial charge in [0.05, 0.1) is 17.7 Å². The maximum atomic E-state index is 11.4. The summed E-state index contributed by atoms with van der Waals surface area (Å²) in [5.41, 5.74) is 6.18. The predicted molar refractivity (Wildman–Crippen MR) is 48.3 cm³/mol. The Morgan fingerprint density at radius 2 is 2.29 bits per heavy atom. The topological polar surface area (TPSA) is 101 Å². The van der Waals surface area contributed by atoms with Crippen LogP contribution in [0.4, 0.5) is 0 Å². The number of hydrogen-bond acceptors (Lipinski definition) is 4. The van der Waals surface area contributed by atoms with Gasteiger partial charge in [-0.15, -0.1) is 0 Å². The van der Waals surface area contributed by atoms with E-state index in [9.17, 15) is 9.59 Å². The molecule has 74 valence electrons. The van der Waals surface area contributed by atoms with Gasteiger partial charge in [-0.1, -0.05) is 0 Å². The molecule has 0 unspecified atom stereocenters. The van der Waals surface area contributed by atoms with E-state index >= 15 is 0 Å². The number of aromatic nitrogens is 2. The predicted octanol–water partition coefficient (Wildman–Crippen LogP) is -1.60. The molecule has 0 saturated heterocycles. The number of nitrogens with one attached hydrogen (secondary N) is 2. The molecule has 0 aliphatic carbocycles. The van der Waals surface area contributed by atoms with Crippen molar-refractivity contribution in [2.24, 2.45) is 5.73 Å². The molecular formula is C8H10N4O2. The van der Waals surface area contributed by atoms with Crippen LogP contribution in [-0.4, -0.2) is 15.9 Å². The van der Waals surface area contributed by atoms with E-state index in [-0.39, 0.29) is 12.0 Å². The molecule has 1 aliphatic rings. The van der Waals surface area contributed by atoms with E-state index in [0.29, 0.717) is 30.2 Å². The molecule has 4 N–H and O–H groups in total. The number of aromatic amines is 1. The zero-order valence-electron chi connectivity index (χ0n) is 7.46. The fraction of sp³-hybridized carbons (Fsp3) is 0.375. The SMILES string of the molecule is NC(=O)Cc1nc2c(c(=O)[nH]1)CNC2. The summed E-state index contributed by atoms with van der Waals surface area (Å²) in [6, 6.07) is 0. The number of carbonyl (C=O) groups excluding carboxylic acids is 1. The molecule has 0 spiro atoms. The largest absolute Gasteiger partial charge is 0.369 e. The van der Waals surface area contributed by atoms with Crippen LogP contribution in [0, 0.1) is 0 Å². The Balaban J connectivity index is 2.42. The third-order valence-electron chi connectivity index (χ3n) is 2.09. The van der Waals surface area contributed by atoms with Gasteiger partial charge in [-0.05, 0) is 0 Å². The van der Waals surface area contributed by atoms with E-state index in [1.165, 1.54) is 0 Å². The van der Waals surface area contributed by atoms with Gasteiger partial charge >= 0.3 is 0 Å². The van der Waals surface area contributed by atoms with Crippen molar-refractivity contribution in [2.45, 2.75) is 19.5 Å². The Labute approximate surface area is 79.5 Å². The summed E-state index contributed by atoms with van der Waals surface area (Å²) in [7, 11) is 0. The van der Waals surface area contributed by atoms with Crippen molar-refractivity contribution >= 4 is 5.91 Å². The fourth-order valence-corrected chi connectivity index (χ4v) is 1.48. The monoisotopic (exact) mass is 194 g/mol. The van der Waals surface area contributed by atoms with E-state index in [1.807, 2.05) is 0 Å². The number of amides is 1. The molecule has 0 saturated carbocycles. The van der Waals surface area contributed by atoms with Crippen LogP contribution >= 0.6 is 0 Å². The number of fused-ring (bicyclic) bond motifs is 1. The molecule has 6 heteroatoms. The minimum absolute atomic E-state index is 0.0253.